The maximum absolute atomic E-state index is 12.3. The summed E-state index contributed by atoms with van der Waals surface area (Å²) in [6, 6.07) is 9.45. The molecule has 0 aliphatic rings. The molecular weight excluding hydrogens is 210 g/mol. The van der Waals surface area contributed by atoms with E-state index in [4.69, 9.17) is 0 Å². The van der Waals surface area contributed by atoms with E-state index in [2.05, 4.69) is 20.4 Å². The fraction of sp³-hybridized carbons (Fsp3) is 0.400. The Bertz CT molecular complexity index is 358. The molecule has 0 saturated heterocycles. The van der Waals surface area contributed by atoms with Crippen LogP contribution in [0.3, 0.4) is 0 Å². The highest BCUT2D eigenvalue weighted by molar-refractivity contribution is 5.94. The van der Waals surface area contributed by atoms with Gasteiger partial charge in [0.25, 0.3) is 5.91 Å². The van der Waals surface area contributed by atoms with Crippen LogP contribution in [0.5, 0.6) is 0 Å². The molecule has 0 unspecified atom stereocenters. The highest BCUT2D eigenvalue weighted by Gasteiger charge is 2.15. The molecule has 2 nitrogen and oxygen atoms in total. The van der Waals surface area contributed by atoms with Gasteiger partial charge in [0.05, 0.1) is 0 Å². The van der Waals surface area contributed by atoms with Crippen molar-refractivity contribution in [2.75, 3.05) is 13.1 Å². The zero-order valence-electron chi connectivity index (χ0n) is 10.7. The minimum atomic E-state index is 0.112. The number of hydrogen-bond acceptors (Lipinski definition) is 1. The molecule has 1 amide bonds. The van der Waals surface area contributed by atoms with Gasteiger partial charge in [0.15, 0.2) is 0 Å². The average molecular weight is 231 g/mol. The van der Waals surface area contributed by atoms with Crippen molar-refractivity contribution in [1.29, 1.82) is 0 Å². The number of rotatable bonds is 6. The first-order valence-electron chi connectivity index (χ1n) is 6.16. The van der Waals surface area contributed by atoms with Gasteiger partial charge >= 0.3 is 0 Å². The number of carbonyl (C=O) groups is 1. The highest BCUT2D eigenvalue weighted by atomic mass is 16.2. The second kappa shape index (κ2) is 6.89. The molecule has 1 atom stereocenters. The zero-order chi connectivity index (χ0) is 12.7. The lowest BCUT2D eigenvalue weighted by Gasteiger charge is -2.24. The van der Waals surface area contributed by atoms with Crippen LogP contribution in [0.2, 0.25) is 0 Å². The molecule has 0 heterocycles. The maximum atomic E-state index is 12.3. The molecule has 2 heteroatoms. The topological polar surface area (TPSA) is 20.3 Å². The van der Waals surface area contributed by atoms with Crippen LogP contribution in [0.1, 0.15) is 30.6 Å². The molecule has 92 valence electrons. The van der Waals surface area contributed by atoms with Crippen molar-refractivity contribution in [2.45, 2.75) is 20.3 Å². The van der Waals surface area contributed by atoms with Crippen molar-refractivity contribution < 1.29 is 4.79 Å². The lowest BCUT2D eigenvalue weighted by molar-refractivity contribution is 0.0742. The SMILES string of the molecule is C=C[C@H](C)CN(CCC)C(=O)c1ccccc1. The monoisotopic (exact) mass is 231 g/mol. The number of benzene rings is 1. The van der Waals surface area contributed by atoms with E-state index in [-0.39, 0.29) is 5.91 Å². The predicted octanol–water partition coefficient (Wildman–Crippen LogP) is 3.36. The Balaban J connectivity index is 2.76. The zero-order valence-corrected chi connectivity index (χ0v) is 10.7. The minimum absolute atomic E-state index is 0.112. The Hall–Kier alpha value is -1.57. The van der Waals surface area contributed by atoms with Gasteiger partial charge in [0.1, 0.15) is 0 Å². The molecule has 0 N–H and O–H groups in total. The molecule has 17 heavy (non-hydrogen) atoms. The minimum Gasteiger partial charge on any atom is -0.338 e. The van der Waals surface area contributed by atoms with Crippen LogP contribution >= 0.6 is 0 Å². The summed E-state index contributed by atoms with van der Waals surface area (Å²) in [5.74, 6) is 0.440. The summed E-state index contributed by atoms with van der Waals surface area (Å²) in [4.78, 5) is 14.2. The van der Waals surface area contributed by atoms with Gasteiger partial charge in [-0.15, -0.1) is 6.58 Å². The molecule has 1 rings (SSSR count). The van der Waals surface area contributed by atoms with Crippen LogP contribution in [0.4, 0.5) is 0 Å². The third-order valence-corrected chi connectivity index (χ3v) is 2.71. The first-order chi connectivity index (χ1) is 8.19. The van der Waals surface area contributed by atoms with Gasteiger partial charge in [-0.25, -0.2) is 0 Å². The number of carbonyl (C=O) groups excluding carboxylic acids is 1. The van der Waals surface area contributed by atoms with E-state index < -0.39 is 0 Å². The smallest absolute Gasteiger partial charge is 0.253 e. The normalized spacial score (nSPS) is 11.9. The van der Waals surface area contributed by atoms with E-state index in [1.807, 2.05) is 41.3 Å². The fourth-order valence-corrected chi connectivity index (χ4v) is 1.73. The molecule has 1 aromatic carbocycles. The standard InChI is InChI=1S/C15H21NO/c1-4-11-16(12-13(3)5-2)15(17)14-9-7-6-8-10-14/h5-10,13H,2,4,11-12H2,1,3H3/t13-/m0/s1. The summed E-state index contributed by atoms with van der Waals surface area (Å²) >= 11 is 0. The molecule has 0 radical (unpaired) electrons. The van der Waals surface area contributed by atoms with Gasteiger partial charge in [-0.3, -0.25) is 4.79 Å². The van der Waals surface area contributed by atoms with E-state index in [0.29, 0.717) is 5.92 Å². The van der Waals surface area contributed by atoms with Crippen LogP contribution in [0.15, 0.2) is 43.0 Å². The molecular formula is C15H21NO. The third kappa shape index (κ3) is 4.06. The molecule has 0 aliphatic heterocycles. The Morgan fingerprint density at radius 2 is 2.06 bits per heavy atom. The first-order valence-corrected chi connectivity index (χ1v) is 6.16. The van der Waals surface area contributed by atoms with Gasteiger partial charge < -0.3 is 4.90 Å². The summed E-state index contributed by atoms with van der Waals surface area (Å²) in [6.07, 6.45) is 2.86. The second-order valence-corrected chi connectivity index (χ2v) is 4.33. The quantitative estimate of drug-likeness (QED) is 0.687. The van der Waals surface area contributed by atoms with Crippen molar-refractivity contribution in [2.24, 2.45) is 5.92 Å². The maximum Gasteiger partial charge on any atom is 0.253 e. The third-order valence-electron chi connectivity index (χ3n) is 2.71. The largest absolute Gasteiger partial charge is 0.338 e. The molecule has 0 aromatic heterocycles. The van der Waals surface area contributed by atoms with Gasteiger partial charge in [-0.2, -0.15) is 0 Å². The Labute approximate surface area is 104 Å². The number of hydrogen-bond donors (Lipinski definition) is 0. The Morgan fingerprint density at radius 1 is 1.41 bits per heavy atom. The van der Waals surface area contributed by atoms with E-state index in [9.17, 15) is 4.79 Å². The van der Waals surface area contributed by atoms with Crippen molar-refractivity contribution in [1.82, 2.24) is 4.90 Å². The molecule has 0 spiro atoms. The molecule has 0 saturated carbocycles. The van der Waals surface area contributed by atoms with Gasteiger partial charge in [0.2, 0.25) is 0 Å². The summed E-state index contributed by atoms with van der Waals surface area (Å²) < 4.78 is 0. The summed E-state index contributed by atoms with van der Waals surface area (Å²) in [5, 5.41) is 0. The van der Waals surface area contributed by atoms with E-state index in [0.717, 1.165) is 25.1 Å². The molecule has 0 aliphatic carbocycles. The van der Waals surface area contributed by atoms with Crippen LogP contribution in [-0.4, -0.2) is 23.9 Å². The van der Waals surface area contributed by atoms with Gasteiger partial charge in [-0.05, 0) is 24.5 Å². The summed E-state index contributed by atoms with van der Waals surface area (Å²) in [7, 11) is 0. The number of amides is 1. The van der Waals surface area contributed by atoms with Crippen molar-refractivity contribution in [3.8, 4) is 0 Å². The predicted molar refractivity (Wildman–Crippen MR) is 72.0 cm³/mol. The molecule has 0 fully saturated rings. The molecule has 1 aromatic rings. The van der Waals surface area contributed by atoms with Crippen LogP contribution in [0, 0.1) is 5.92 Å². The first kappa shape index (κ1) is 13.5. The summed E-state index contributed by atoms with van der Waals surface area (Å²) in [5.41, 5.74) is 0.761. The molecule has 0 bridgehead atoms. The lowest BCUT2D eigenvalue weighted by Crippen LogP contribution is -2.35. The van der Waals surface area contributed by atoms with E-state index >= 15 is 0 Å². The lowest BCUT2D eigenvalue weighted by atomic mass is 10.1. The van der Waals surface area contributed by atoms with Gasteiger partial charge in [-0.1, -0.05) is 38.1 Å². The van der Waals surface area contributed by atoms with Crippen molar-refractivity contribution in [3.05, 3.63) is 48.6 Å². The Morgan fingerprint density at radius 3 is 2.59 bits per heavy atom. The number of nitrogens with zero attached hydrogens (tertiary/aromatic N) is 1. The van der Waals surface area contributed by atoms with Crippen LogP contribution < -0.4 is 0 Å². The van der Waals surface area contributed by atoms with Crippen molar-refractivity contribution in [3.63, 3.8) is 0 Å². The summed E-state index contributed by atoms with van der Waals surface area (Å²) in [6.45, 7) is 9.47. The van der Waals surface area contributed by atoms with Crippen LogP contribution in [0.25, 0.3) is 0 Å². The van der Waals surface area contributed by atoms with Gasteiger partial charge in [0, 0.05) is 18.7 Å². The Kier molecular flexibility index (Phi) is 5.47. The van der Waals surface area contributed by atoms with E-state index in [1.165, 1.54) is 0 Å². The second-order valence-electron chi connectivity index (χ2n) is 4.33. The fourth-order valence-electron chi connectivity index (χ4n) is 1.73. The van der Waals surface area contributed by atoms with E-state index in [1.54, 1.807) is 0 Å². The highest BCUT2D eigenvalue weighted by Crippen LogP contribution is 2.09. The van der Waals surface area contributed by atoms with Crippen LogP contribution in [-0.2, 0) is 0 Å². The average Bonchev–Trinajstić information content (AvgIpc) is 2.38. The van der Waals surface area contributed by atoms with Crippen molar-refractivity contribution >= 4 is 5.91 Å².